The zero-order chi connectivity index (χ0) is 25.0. The van der Waals surface area contributed by atoms with E-state index in [0.29, 0.717) is 59.6 Å². The van der Waals surface area contributed by atoms with Gasteiger partial charge in [-0.3, -0.25) is 19.1 Å². The van der Waals surface area contributed by atoms with E-state index in [1.165, 1.54) is 11.8 Å². The maximum Gasteiger partial charge on any atom is 0.270 e. The Kier molecular flexibility index (Phi) is 8.93. The fraction of sp³-hybridized carbons (Fsp3) is 0.583. The average Bonchev–Trinajstić information content (AvgIpc) is 3.04. The third-order valence-corrected chi connectivity index (χ3v) is 7.27. The summed E-state index contributed by atoms with van der Waals surface area (Å²) in [5.41, 5.74) is 1.09. The molecule has 1 aromatic heterocycles. The fourth-order valence-electron chi connectivity index (χ4n) is 4.46. The van der Waals surface area contributed by atoms with E-state index in [1.54, 1.807) is 29.6 Å². The third kappa shape index (κ3) is 5.38. The summed E-state index contributed by atoms with van der Waals surface area (Å²) < 4.78 is 13.2. The second-order valence-corrected chi connectivity index (χ2v) is 10.3. The molecule has 34 heavy (non-hydrogen) atoms. The van der Waals surface area contributed by atoms with Crippen LogP contribution < -0.4 is 10.5 Å². The molecule has 0 N–H and O–H groups in total. The molecular weight excluding hydrogens is 472 g/mol. The van der Waals surface area contributed by atoms with Gasteiger partial charge in [0.05, 0.1) is 17.1 Å². The minimum atomic E-state index is -0.298. The van der Waals surface area contributed by atoms with Crippen LogP contribution in [0.5, 0.6) is 0 Å². The molecule has 2 aliphatic rings. The summed E-state index contributed by atoms with van der Waals surface area (Å²) in [5.74, 6) is 0.571. The minimum Gasteiger partial charge on any atom is -0.385 e. The Morgan fingerprint density at radius 2 is 1.94 bits per heavy atom. The largest absolute Gasteiger partial charge is 0.385 e. The normalized spacial score (nSPS) is 22.1. The number of nitrogens with zero attached hydrogens (tertiary/aromatic N) is 4. The average molecular weight is 505 g/mol. The Morgan fingerprint density at radius 1 is 1.26 bits per heavy atom. The number of hydrogen-bond acceptors (Lipinski definition) is 8. The molecule has 0 aromatic carbocycles. The van der Waals surface area contributed by atoms with Gasteiger partial charge in [-0.2, -0.15) is 5.26 Å². The maximum atomic E-state index is 13.3. The number of thiocarbonyl (C=S) groups is 1. The first-order valence-electron chi connectivity index (χ1n) is 11.6. The van der Waals surface area contributed by atoms with E-state index in [0.717, 1.165) is 12.2 Å². The van der Waals surface area contributed by atoms with Gasteiger partial charge in [0.1, 0.15) is 21.8 Å². The molecular formula is C24H32N4O4S2. The Labute approximate surface area is 210 Å². The number of carbonyl (C=O) groups is 1. The van der Waals surface area contributed by atoms with E-state index in [-0.39, 0.29) is 29.2 Å². The summed E-state index contributed by atoms with van der Waals surface area (Å²) in [6.45, 7) is 10.5. The number of ether oxygens (including phenoxy) is 2. The Balaban J connectivity index is 2.17. The molecule has 2 unspecified atom stereocenters. The Morgan fingerprint density at radius 3 is 2.53 bits per heavy atom. The third-order valence-electron chi connectivity index (χ3n) is 5.89. The lowest BCUT2D eigenvalue weighted by atomic mass is 10.0. The van der Waals surface area contributed by atoms with Crippen LogP contribution in [-0.4, -0.2) is 65.3 Å². The first kappa shape index (κ1) is 26.4. The van der Waals surface area contributed by atoms with Crippen LogP contribution in [-0.2, 0) is 20.8 Å². The van der Waals surface area contributed by atoms with Gasteiger partial charge in [0.15, 0.2) is 0 Å². The second kappa shape index (κ2) is 11.5. The van der Waals surface area contributed by atoms with Crippen molar-refractivity contribution in [2.24, 2.45) is 0 Å². The second-order valence-electron chi connectivity index (χ2n) is 8.65. The summed E-state index contributed by atoms with van der Waals surface area (Å²) >= 11 is 6.72. The number of hydrogen-bond donors (Lipinski definition) is 0. The van der Waals surface area contributed by atoms with Crippen molar-refractivity contribution >= 4 is 46.1 Å². The van der Waals surface area contributed by atoms with Gasteiger partial charge in [0.25, 0.3) is 11.5 Å². The van der Waals surface area contributed by atoms with Crippen LogP contribution in [0.4, 0.5) is 5.82 Å². The lowest BCUT2D eigenvalue weighted by Crippen LogP contribution is -2.48. The summed E-state index contributed by atoms with van der Waals surface area (Å²) in [6.07, 6.45) is 3.19. The van der Waals surface area contributed by atoms with Crippen molar-refractivity contribution in [3.63, 3.8) is 0 Å². The van der Waals surface area contributed by atoms with Crippen LogP contribution in [0.25, 0.3) is 6.08 Å². The quantitative estimate of drug-likeness (QED) is 0.303. The monoisotopic (exact) mass is 504 g/mol. The van der Waals surface area contributed by atoms with Gasteiger partial charge in [0, 0.05) is 45.5 Å². The lowest BCUT2D eigenvalue weighted by Gasteiger charge is -2.39. The molecule has 1 aromatic rings. The van der Waals surface area contributed by atoms with Crippen molar-refractivity contribution in [1.82, 2.24) is 9.47 Å². The van der Waals surface area contributed by atoms with Crippen LogP contribution >= 0.6 is 24.0 Å². The van der Waals surface area contributed by atoms with Crippen LogP contribution in [0, 0.1) is 18.3 Å². The lowest BCUT2D eigenvalue weighted by molar-refractivity contribution is -0.122. The molecule has 0 aliphatic carbocycles. The number of methoxy groups -OCH3 is 1. The molecule has 0 spiro atoms. The van der Waals surface area contributed by atoms with Crippen molar-refractivity contribution in [1.29, 1.82) is 5.26 Å². The molecule has 3 heterocycles. The zero-order valence-electron chi connectivity index (χ0n) is 20.4. The van der Waals surface area contributed by atoms with E-state index in [2.05, 4.69) is 11.0 Å². The molecule has 2 aliphatic heterocycles. The highest BCUT2D eigenvalue weighted by molar-refractivity contribution is 8.26. The van der Waals surface area contributed by atoms with E-state index in [4.69, 9.17) is 21.7 Å². The molecule has 3 rings (SSSR count). The molecule has 0 radical (unpaired) electrons. The van der Waals surface area contributed by atoms with E-state index >= 15 is 0 Å². The van der Waals surface area contributed by atoms with Gasteiger partial charge in [-0.15, -0.1) is 0 Å². The van der Waals surface area contributed by atoms with Crippen molar-refractivity contribution in [3.05, 3.63) is 31.9 Å². The van der Waals surface area contributed by atoms with Gasteiger partial charge >= 0.3 is 0 Å². The summed E-state index contributed by atoms with van der Waals surface area (Å²) in [6, 6.07) is 2.09. The molecule has 10 heteroatoms. The number of thioether (sulfide) groups is 1. The fourth-order valence-corrected chi connectivity index (χ4v) is 5.75. The molecule has 1 amide bonds. The van der Waals surface area contributed by atoms with Crippen LogP contribution in [0.2, 0.25) is 0 Å². The number of aromatic nitrogens is 1. The van der Waals surface area contributed by atoms with Gasteiger partial charge in [-0.05, 0) is 45.3 Å². The number of anilines is 1. The topological polar surface area (TPSA) is 87.8 Å². The van der Waals surface area contributed by atoms with Crippen LogP contribution in [0.3, 0.4) is 0 Å². The highest BCUT2D eigenvalue weighted by atomic mass is 32.2. The predicted molar refractivity (Wildman–Crippen MR) is 139 cm³/mol. The van der Waals surface area contributed by atoms with Gasteiger partial charge in [-0.1, -0.05) is 30.9 Å². The van der Waals surface area contributed by atoms with Crippen molar-refractivity contribution in [2.75, 3.05) is 38.3 Å². The number of carbonyl (C=O) groups excluding carboxylic acids is 1. The Bertz CT molecular complexity index is 1080. The summed E-state index contributed by atoms with van der Waals surface area (Å²) in [7, 11) is 1.62. The van der Waals surface area contributed by atoms with Gasteiger partial charge < -0.3 is 14.4 Å². The number of rotatable bonds is 8. The van der Waals surface area contributed by atoms with Gasteiger partial charge in [-0.25, -0.2) is 0 Å². The maximum absolute atomic E-state index is 13.3. The number of nitriles is 1. The van der Waals surface area contributed by atoms with Crippen molar-refractivity contribution in [3.8, 4) is 6.07 Å². The SMILES string of the molecule is CCCn1c(N2CC(C)OC(C)C2)c(C=C2SC(=S)N(CCCOC)C2=O)c(C)c(C#N)c1=O. The minimum absolute atomic E-state index is 0.0169. The molecule has 2 atom stereocenters. The van der Waals surface area contributed by atoms with Gasteiger partial charge in [0.2, 0.25) is 0 Å². The predicted octanol–water partition coefficient (Wildman–Crippen LogP) is 3.29. The molecule has 8 nitrogen and oxygen atoms in total. The van der Waals surface area contributed by atoms with Crippen LogP contribution in [0.1, 0.15) is 50.3 Å². The van der Waals surface area contributed by atoms with Crippen molar-refractivity contribution in [2.45, 2.75) is 59.3 Å². The number of pyridine rings is 1. The van der Waals surface area contributed by atoms with E-state index < -0.39 is 0 Å². The first-order chi connectivity index (χ1) is 16.2. The molecule has 184 valence electrons. The Hall–Kier alpha value is -2.19. The summed E-state index contributed by atoms with van der Waals surface area (Å²) in [5, 5.41) is 9.79. The highest BCUT2D eigenvalue weighted by Gasteiger charge is 2.34. The number of amides is 1. The van der Waals surface area contributed by atoms with E-state index in [1.807, 2.05) is 20.8 Å². The first-order valence-corrected chi connectivity index (χ1v) is 12.8. The van der Waals surface area contributed by atoms with Crippen molar-refractivity contribution < 1.29 is 14.3 Å². The zero-order valence-corrected chi connectivity index (χ0v) is 22.1. The molecule has 0 saturated carbocycles. The standard InChI is InChI=1S/C24H32N4O4S2/c1-6-8-27-21(26-13-15(2)32-16(3)14-26)18(17(4)19(12-25)22(27)29)11-20-23(30)28(24(33)34-20)9-7-10-31-5/h11,15-16H,6-10,13-14H2,1-5H3. The number of morpholine rings is 1. The summed E-state index contributed by atoms with van der Waals surface area (Å²) in [4.78, 5) is 30.7. The van der Waals surface area contributed by atoms with Crippen LogP contribution in [0.15, 0.2) is 9.70 Å². The molecule has 2 fully saturated rings. The molecule has 0 bridgehead atoms. The molecule has 2 saturated heterocycles. The highest BCUT2D eigenvalue weighted by Crippen LogP contribution is 2.36. The smallest absolute Gasteiger partial charge is 0.270 e. The van der Waals surface area contributed by atoms with E-state index in [9.17, 15) is 14.9 Å².